The molecular weight excluding hydrogens is 239 g/mol. The fourth-order valence-electron chi connectivity index (χ4n) is 2.00. The normalized spacial score (nSPS) is 10.5. The van der Waals surface area contributed by atoms with Crippen LogP contribution in [0.25, 0.3) is 0 Å². The molecule has 2 aromatic rings. The summed E-state index contributed by atoms with van der Waals surface area (Å²) in [5, 5.41) is 0. The standard InChI is InChI=1S/C16H19FN2/c1-19(16-7-5-14(12-18)6-8-16)10-9-13-3-2-4-15(17)11-13/h2-8,11H,9-10,12,18H2,1H3. The Morgan fingerprint density at radius 3 is 2.42 bits per heavy atom. The minimum absolute atomic E-state index is 0.174. The summed E-state index contributed by atoms with van der Waals surface area (Å²) in [6.07, 6.45) is 0.826. The lowest BCUT2D eigenvalue weighted by atomic mass is 10.1. The molecule has 0 aliphatic rings. The van der Waals surface area contributed by atoms with Crippen molar-refractivity contribution in [3.8, 4) is 0 Å². The summed E-state index contributed by atoms with van der Waals surface area (Å²) in [5.74, 6) is -0.174. The highest BCUT2D eigenvalue weighted by atomic mass is 19.1. The van der Waals surface area contributed by atoms with Crippen LogP contribution in [0.15, 0.2) is 48.5 Å². The molecule has 2 aromatic carbocycles. The van der Waals surface area contributed by atoms with Gasteiger partial charge in [0.25, 0.3) is 0 Å². The molecular formula is C16H19FN2. The van der Waals surface area contributed by atoms with Gasteiger partial charge in [0.15, 0.2) is 0 Å². The average molecular weight is 258 g/mol. The minimum atomic E-state index is -0.174. The zero-order valence-electron chi connectivity index (χ0n) is 11.1. The zero-order valence-corrected chi connectivity index (χ0v) is 11.1. The lowest BCUT2D eigenvalue weighted by Crippen LogP contribution is -2.20. The van der Waals surface area contributed by atoms with Crippen LogP contribution >= 0.6 is 0 Å². The van der Waals surface area contributed by atoms with Crippen LogP contribution in [0.2, 0.25) is 0 Å². The summed E-state index contributed by atoms with van der Waals surface area (Å²) < 4.78 is 13.1. The molecule has 0 radical (unpaired) electrons. The second-order valence-corrected chi connectivity index (χ2v) is 4.67. The number of hydrogen-bond donors (Lipinski definition) is 1. The van der Waals surface area contributed by atoms with Gasteiger partial charge in [-0.2, -0.15) is 0 Å². The largest absolute Gasteiger partial charge is 0.374 e. The van der Waals surface area contributed by atoms with E-state index in [0.717, 1.165) is 29.8 Å². The summed E-state index contributed by atoms with van der Waals surface area (Å²) in [4.78, 5) is 2.16. The van der Waals surface area contributed by atoms with Crippen LogP contribution < -0.4 is 10.6 Å². The van der Waals surface area contributed by atoms with E-state index in [9.17, 15) is 4.39 Å². The highest BCUT2D eigenvalue weighted by Gasteiger charge is 2.02. The lowest BCUT2D eigenvalue weighted by Gasteiger charge is -2.19. The van der Waals surface area contributed by atoms with Gasteiger partial charge in [-0.15, -0.1) is 0 Å². The van der Waals surface area contributed by atoms with Crippen LogP contribution in [0.4, 0.5) is 10.1 Å². The van der Waals surface area contributed by atoms with E-state index in [1.807, 2.05) is 25.2 Å². The van der Waals surface area contributed by atoms with Gasteiger partial charge >= 0.3 is 0 Å². The summed E-state index contributed by atoms with van der Waals surface area (Å²) in [6, 6.07) is 15.0. The lowest BCUT2D eigenvalue weighted by molar-refractivity contribution is 0.625. The van der Waals surface area contributed by atoms with Crippen molar-refractivity contribution in [2.75, 3.05) is 18.5 Å². The van der Waals surface area contributed by atoms with Crippen LogP contribution in [-0.4, -0.2) is 13.6 Å². The highest BCUT2D eigenvalue weighted by Crippen LogP contribution is 2.14. The third-order valence-corrected chi connectivity index (χ3v) is 3.24. The van der Waals surface area contributed by atoms with Crippen molar-refractivity contribution in [2.24, 2.45) is 5.73 Å². The SMILES string of the molecule is CN(CCc1cccc(F)c1)c1ccc(CN)cc1. The highest BCUT2D eigenvalue weighted by molar-refractivity contribution is 5.47. The molecule has 100 valence electrons. The summed E-state index contributed by atoms with van der Waals surface area (Å²) in [6.45, 7) is 1.42. The van der Waals surface area contributed by atoms with E-state index in [-0.39, 0.29) is 5.82 Å². The van der Waals surface area contributed by atoms with E-state index in [0.29, 0.717) is 6.54 Å². The van der Waals surface area contributed by atoms with Crippen LogP contribution in [0.3, 0.4) is 0 Å². The first-order chi connectivity index (χ1) is 9.19. The molecule has 0 unspecified atom stereocenters. The molecule has 0 heterocycles. The van der Waals surface area contributed by atoms with Gasteiger partial charge in [-0.25, -0.2) is 4.39 Å². The quantitative estimate of drug-likeness (QED) is 0.893. The Morgan fingerprint density at radius 1 is 1.05 bits per heavy atom. The molecule has 0 atom stereocenters. The molecule has 0 aliphatic carbocycles. The third-order valence-electron chi connectivity index (χ3n) is 3.24. The number of hydrogen-bond acceptors (Lipinski definition) is 2. The first-order valence-corrected chi connectivity index (χ1v) is 6.43. The van der Waals surface area contributed by atoms with E-state index in [1.54, 1.807) is 12.1 Å². The van der Waals surface area contributed by atoms with Crippen LogP contribution in [0.1, 0.15) is 11.1 Å². The van der Waals surface area contributed by atoms with E-state index in [1.165, 1.54) is 6.07 Å². The fraction of sp³-hybridized carbons (Fsp3) is 0.250. The molecule has 0 bridgehead atoms. The molecule has 0 fully saturated rings. The maximum atomic E-state index is 13.1. The van der Waals surface area contributed by atoms with Gasteiger partial charge in [0.2, 0.25) is 0 Å². The van der Waals surface area contributed by atoms with Crippen molar-refractivity contribution in [1.29, 1.82) is 0 Å². The smallest absolute Gasteiger partial charge is 0.123 e. The van der Waals surface area contributed by atoms with Crippen LogP contribution in [-0.2, 0) is 13.0 Å². The average Bonchev–Trinajstić information content (AvgIpc) is 2.45. The first-order valence-electron chi connectivity index (χ1n) is 6.43. The molecule has 0 aromatic heterocycles. The molecule has 2 N–H and O–H groups in total. The zero-order chi connectivity index (χ0) is 13.7. The van der Waals surface area contributed by atoms with E-state index in [4.69, 9.17) is 5.73 Å². The number of halogens is 1. The maximum Gasteiger partial charge on any atom is 0.123 e. The van der Waals surface area contributed by atoms with E-state index in [2.05, 4.69) is 17.0 Å². The minimum Gasteiger partial charge on any atom is -0.374 e. The number of benzene rings is 2. The van der Waals surface area contributed by atoms with Crippen molar-refractivity contribution >= 4 is 5.69 Å². The number of rotatable bonds is 5. The molecule has 0 amide bonds. The van der Waals surface area contributed by atoms with Crippen molar-refractivity contribution in [3.63, 3.8) is 0 Å². The molecule has 0 saturated carbocycles. The Kier molecular flexibility index (Phi) is 4.53. The topological polar surface area (TPSA) is 29.3 Å². The Hall–Kier alpha value is -1.87. The van der Waals surface area contributed by atoms with Crippen LogP contribution in [0.5, 0.6) is 0 Å². The molecule has 2 nitrogen and oxygen atoms in total. The molecule has 0 spiro atoms. The fourth-order valence-corrected chi connectivity index (χ4v) is 2.00. The van der Waals surface area contributed by atoms with Gasteiger partial charge < -0.3 is 10.6 Å². The van der Waals surface area contributed by atoms with Gasteiger partial charge in [0.1, 0.15) is 5.82 Å². The van der Waals surface area contributed by atoms with Gasteiger partial charge in [-0.3, -0.25) is 0 Å². The van der Waals surface area contributed by atoms with Gasteiger partial charge in [0, 0.05) is 25.8 Å². The summed E-state index contributed by atoms with van der Waals surface area (Å²) >= 11 is 0. The van der Waals surface area contributed by atoms with Gasteiger partial charge in [-0.05, 0) is 41.8 Å². The molecule has 2 rings (SSSR count). The Labute approximate surface area is 113 Å². The summed E-state index contributed by atoms with van der Waals surface area (Å²) in [7, 11) is 2.04. The maximum absolute atomic E-state index is 13.1. The number of nitrogens with zero attached hydrogens (tertiary/aromatic N) is 1. The van der Waals surface area contributed by atoms with Crippen molar-refractivity contribution in [1.82, 2.24) is 0 Å². The third kappa shape index (κ3) is 3.80. The van der Waals surface area contributed by atoms with Crippen molar-refractivity contribution in [2.45, 2.75) is 13.0 Å². The molecule has 0 saturated heterocycles. The Bertz CT molecular complexity index is 523. The number of likely N-dealkylation sites (N-methyl/N-ethyl adjacent to an activating group) is 1. The van der Waals surface area contributed by atoms with Crippen LogP contribution in [0, 0.1) is 5.82 Å². The number of anilines is 1. The molecule has 0 aliphatic heterocycles. The van der Waals surface area contributed by atoms with Gasteiger partial charge in [0.05, 0.1) is 0 Å². The Morgan fingerprint density at radius 2 is 1.79 bits per heavy atom. The monoisotopic (exact) mass is 258 g/mol. The molecule has 19 heavy (non-hydrogen) atoms. The predicted molar refractivity (Wildman–Crippen MR) is 77.7 cm³/mol. The Balaban J connectivity index is 1.95. The first kappa shape index (κ1) is 13.6. The second-order valence-electron chi connectivity index (χ2n) is 4.67. The number of nitrogens with two attached hydrogens (primary N) is 1. The van der Waals surface area contributed by atoms with E-state index < -0.39 is 0 Å². The molecule has 3 heteroatoms. The van der Waals surface area contributed by atoms with Gasteiger partial charge in [-0.1, -0.05) is 24.3 Å². The van der Waals surface area contributed by atoms with E-state index >= 15 is 0 Å². The van der Waals surface area contributed by atoms with Crippen molar-refractivity contribution < 1.29 is 4.39 Å². The predicted octanol–water partition coefficient (Wildman–Crippen LogP) is 2.96. The summed E-state index contributed by atoms with van der Waals surface area (Å²) in [5.41, 5.74) is 8.87. The second kappa shape index (κ2) is 6.34. The van der Waals surface area contributed by atoms with Crippen molar-refractivity contribution in [3.05, 3.63) is 65.5 Å².